The van der Waals surface area contributed by atoms with E-state index < -0.39 is 0 Å². The highest BCUT2D eigenvalue weighted by molar-refractivity contribution is 5.57. The maximum atomic E-state index is 5.16. The zero-order valence-electron chi connectivity index (χ0n) is 13.6. The number of hydrogen-bond donors (Lipinski definition) is 2. The van der Waals surface area contributed by atoms with Gasteiger partial charge in [0.25, 0.3) is 0 Å². The summed E-state index contributed by atoms with van der Waals surface area (Å²) in [5.74, 6) is 2.68. The second kappa shape index (κ2) is 7.43. The summed E-state index contributed by atoms with van der Waals surface area (Å²) in [6, 6.07) is 0. The SMILES string of the molecule is CCc1nc(NC)c(C)c(NCC(C)(C)CCOC)n1. The fourth-order valence-corrected chi connectivity index (χ4v) is 1.93. The Bertz CT molecular complexity index is 432. The van der Waals surface area contributed by atoms with Crippen LogP contribution in [0, 0.1) is 12.3 Å². The molecule has 0 aliphatic rings. The van der Waals surface area contributed by atoms with Gasteiger partial charge in [-0.25, -0.2) is 9.97 Å². The lowest BCUT2D eigenvalue weighted by Gasteiger charge is -2.25. The molecule has 0 saturated heterocycles. The Balaban J connectivity index is 2.81. The van der Waals surface area contributed by atoms with Gasteiger partial charge >= 0.3 is 0 Å². The molecule has 114 valence electrons. The Morgan fingerprint density at radius 2 is 1.85 bits per heavy atom. The second-order valence-corrected chi connectivity index (χ2v) is 5.83. The van der Waals surface area contributed by atoms with E-state index in [9.17, 15) is 0 Å². The summed E-state index contributed by atoms with van der Waals surface area (Å²) in [7, 11) is 3.63. The van der Waals surface area contributed by atoms with Crippen LogP contribution in [0.1, 0.15) is 38.6 Å². The van der Waals surface area contributed by atoms with Crippen LogP contribution >= 0.6 is 0 Å². The third-order valence-corrected chi connectivity index (χ3v) is 3.46. The quantitative estimate of drug-likeness (QED) is 0.767. The number of aryl methyl sites for hydroxylation is 1. The van der Waals surface area contributed by atoms with Gasteiger partial charge in [0.2, 0.25) is 0 Å². The lowest BCUT2D eigenvalue weighted by atomic mass is 9.89. The Kier molecular flexibility index (Phi) is 6.20. The van der Waals surface area contributed by atoms with Gasteiger partial charge in [-0.15, -0.1) is 0 Å². The average Bonchev–Trinajstić information content (AvgIpc) is 2.44. The summed E-state index contributed by atoms with van der Waals surface area (Å²) < 4.78 is 5.16. The van der Waals surface area contributed by atoms with Crippen LogP contribution in [-0.4, -0.2) is 37.3 Å². The van der Waals surface area contributed by atoms with Crippen molar-refractivity contribution in [1.82, 2.24) is 9.97 Å². The van der Waals surface area contributed by atoms with Crippen LogP contribution in [0.5, 0.6) is 0 Å². The smallest absolute Gasteiger partial charge is 0.134 e. The number of nitrogens with one attached hydrogen (secondary N) is 2. The van der Waals surface area contributed by atoms with Crippen molar-refractivity contribution >= 4 is 11.6 Å². The number of methoxy groups -OCH3 is 1. The molecule has 0 spiro atoms. The summed E-state index contributed by atoms with van der Waals surface area (Å²) in [6.45, 7) is 10.2. The highest BCUT2D eigenvalue weighted by Crippen LogP contribution is 2.24. The monoisotopic (exact) mass is 280 g/mol. The predicted octanol–water partition coefficient (Wildman–Crippen LogP) is 2.86. The van der Waals surface area contributed by atoms with Crippen molar-refractivity contribution in [3.8, 4) is 0 Å². The van der Waals surface area contributed by atoms with E-state index in [1.54, 1.807) is 7.11 Å². The molecule has 0 amide bonds. The largest absolute Gasteiger partial charge is 0.385 e. The minimum absolute atomic E-state index is 0.166. The molecule has 1 aromatic rings. The van der Waals surface area contributed by atoms with E-state index in [0.29, 0.717) is 0 Å². The Labute approximate surface area is 122 Å². The van der Waals surface area contributed by atoms with E-state index in [-0.39, 0.29) is 5.41 Å². The van der Waals surface area contributed by atoms with Crippen molar-refractivity contribution in [3.05, 3.63) is 11.4 Å². The van der Waals surface area contributed by atoms with Crippen LogP contribution in [0.25, 0.3) is 0 Å². The highest BCUT2D eigenvalue weighted by atomic mass is 16.5. The van der Waals surface area contributed by atoms with Gasteiger partial charge in [-0.2, -0.15) is 0 Å². The topological polar surface area (TPSA) is 59.1 Å². The van der Waals surface area contributed by atoms with Crippen molar-refractivity contribution in [2.45, 2.75) is 40.5 Å². The molecule has 0 aliphatic heterocycles. The first-order valence-corrected chi connectivity index (χ1v) is 7.21. The zero-order chi connectivity index (χ0) is 15.2. The average molecular weight is 280 g/mol. The molecule has 0 radical (unpaired) electrons. The summed E-state index contributed by atoms with van der Waals surface area (Å²) in [6.07, 6.45) is 1.84. The van der Waals surface area contributed by atoms with E-state index in [0.717, 1.165) is 49.0 Å². The molecule has 2 N–H and O–H groups in total. The van der Waals surface area contributed by atoms with Gasteiger partial charge in [0, 0.05) is 39.3 Å². The molecular formula is C15H28N4O. The van der Waals surface area contributed by atoms with E-state index in [1.807, 2.05) is 14.0 Å². The number of anilines is 2. The third-order valence-electron chi connectivity index (χ3n) is 3.46. The Morgan fingerprint density at radius 1 is 1.20 bits per heavy atom. The van der Waals surface area contributed by atoms with Crippen LogP contribution in [0.3, 0.4) is 0 Å². The van der Waals surface area contributed by atoms with Gasteiger partial charge in [0.15, 0.2) is 0 Å². The van der Waals surface area contributed by atoms with E-state index in [4.69, 9.17) is 4.74 Å². The van der Waals surface area contributed by atoms with Gasteiger partial charge in [-0.1, -0.05) is 20.8 Å². The predicted molar refractivity (Wildman–Crippen MR) is 84.5 cm³/mol. The van der Waals surface area contributed by atoms with Crippen LogP contribution < -0.4 is 10.6 Å². The van der Waals surface area contributed by atoms with Crippen molar-refractivity contribution in [2.75, 3.05) is 37.9 Å². The standard InChI is InChI=1S/C15H28N4O/c1-7-12-18-13(16-5)11(2)14(19-12)17-10-15(3,4)8-9-20-6/h7-10H2,1-6H3,(H2,16,17,18,19). The maximum Gasteiger partial charge on any atom is 0.134 e. The van der Waals surface area contributed by atoms with Crippen molar-refractivity contribution in [1.29, 1.82) is 0 Å². The molecule has 0 bridgehead atoms. The minimum Gasteiger partial charge on any atom is -0.385 e. The van der Waals surface area contributed by atoms with E-state index in [1.165, 1.54) is 0 Å². The molecular weight excluding hydrogens is 252 g/mol. The van der Waals surface area contributed by atoms with Crippen molar-refractivity contribution in [2.24, 2.45) is 5.41 Å². The number of aromatic nitrogens is 2. The molecule has 0 aromatic carbocycles. The van der Waals surface area contributed by atoms with Crippen molar-refractivity contribution in [3.63, 3.8) is 0 Å². The molecule has 5 nitrogen and oxygen atoms in total. The first-order valence-electron chi connectivity index (χ1n) is 7.21. The maximum absolute atomic E-state index is 5.16. The molecule has 0 atom stereocenters. The molecule has 1 aromatic heterocycles. The number of rotatable bonds is 8. The van der Waals surface area contributed by atoms with Gasteiger partial charge in [-0.05, 0) is 18.8 Å². The molecule has 1 heterocycles. The lowest BCUT2D eigenvalue weighted by molar-refractivity contribution is 0.157. The molecule has 0 saturated carbocycles. The normalized spacial score (nSPS) is 11.5. The zero-order valence-corrected chi connectivity index (χ0v) is 13.6. The van der Waals surface area contributed by atoms with Gasteiger partial charge in [0.1, 0.15) is 17.5 Å². The second-order valence-electron chi connectivity index (χ2n) is 5.83. The number of nitrogens with zero attached hydrogens (tertiary/aromatic N) is 2. The van der Waals surface area contributed by atoms with E-state index >= 15 is 0 Å². The van der Waals surface area contributed by atoms with Crippen LogP contribution in [0.15, 0.2) is 0 Å². The fraction of sp³-hybridized carbons (Fsp3) is 0.733. The van der Waals surface area contributed by atoms with Crippen molar-refractivity contribution < 1.29 is 4.74 Å². The van der Waals surface area contributed by atoms with Gasteiger partial charge < -0.3 is 15.4 Å². The molecule has 1 rings (SSSR count). The first-order chi connectivity index (χ1) is 9.43. The summed E-state index contributed by atoms with van der Waals surface area (Å²) >= 11 is 0. The van der Waals surface area contributed by atoms with Crippen LogP contribution in [-0.2, 0) is 11.2 Å². The van der Waals surface area contributed by atoms with Gasteiger partial charge in [0.05, 0.1) is 0 Å². The third kappa shape index (κ3) is 4.63. The lowest BCUT2D eigenvalue weighted by Crippen LogP contribution is -2.25. The van der Waals surface area contributed by atoms with Gasteiger partial charge in [-0.3, -0.25) is 0 Å². The molecule has 5 heteroatoms. The molecule has 0 aliphatic carbocycles. The summed E-state index contributed by atoms with van der Waals surface area (Å²) in [4.78, 5) is 9.07. The van der Waals surface area contributed by atoms with Crippen LogP contribution in [0.2, 0.25) is 0 Å². The minimum atomic E-state index is 0.166. The summed E-state index contributed by atoms with van der Waals surface area (Å²) in [5, 5.41) is 6.60. The summed E-state index contributed by atoms with van der Waals surface area (Å²) in [5.41, 5.74) is 1.23. The first kappa shape index (κ1) is 16.7. The molecule has 0 fully saturated rings. The molecule has 20 heavy (non-hydrogen) atoms. The molecule has 0 unspecified atom stereocenters. The van der Waals surface area contributed by atoms with E-state index in [2.05, 4.69) is 41.4 Å². The van der Waals surface area contributed by atoms with Crippen LogP contribution in [0.4, 0.5) is 11.6 Å². The highest BCUT2D eigenvalue weighted by Gasteiger charge is 2.18. The number of ether oxygens (including phenoxy) is 1. The fourth-order valence-electron chi connectivity index (χ4n) is 1.93. The number of hydrogen-bond acceptors (Lipinski definition) is 5. The Morgan fingerprint density at radius 3 is 2.40 bits per heavy atom. The Hall–Kier alpha value is -1.36.